The van der Waals surface area contributed by atoms with Gasteiger partial charge in [-0.15, -0.1) is 0 Å². The number of hydrogen-bond acceptors (Lipinski definition) is 3. The molecular weight excluding hydrogens is 385 g/mol. The highest BCUT2D eigenvalue weighted by Crippen LogP contribution is 2.25. The number of nitrogens with zero attached hydrogens (tertiary/aromatic N) is 2. The van der Waals surface area contributed by atoms with E-state index in [4.69, 9.17) is 23.2 Å². The van der Waals surface area contributed by atoms with E-state index in [2.05, 4.69) is 10.2 Å². The van der Waals surface area contributed by atoms with Crippen molar-refractivity contribution in [1.82, 2.24) is 10.2 Å². The number of amides is 2. The molecule has 0 spiro atoms. The maximum Gasteiger partial charge on any atom is 0.253 e. The van der Waals surface area contributed by atoms with Crippen molar-refractivity contribution in [2.45, 2.75) is 6.92 Å². The van der Waals surface area contributed by atoms with Gasteiger partial charge in [0.05, 0.1) is 17.1 Å². The summed E-state index contributed by atoms with van der Waals surface area (Å²) in [6.45, 7) is 4.67. The molecule has 1 fully saturated rings. The summed E-state index contributed by atoms with van der Waals surface area (Å²) in [7, 11) is 0. The average molecular weight is 406 g/mol. The summed E-state index contributed by atoms with van der Waals surface area (Å²) in [5.41, 5.74) is 2.63. The van der Waals surface area contributed by atoms with Crippen molar-refractivity contribution in [2.75, 3.05) is 37.6 Å². The molecule has 2 aromatic carbocycles. The molecule has 0 radical (unpaired) electrons. The molecule has 27 heavy (non-hydrogen) atoms. The predicted octanol–water partition coefficient (Wildman–Crippen LogP) is 3.38. The van der Waals surface area contributed by atoms with E-state index in [0.717, 1.165) is 24.3 Å². The monoisotopic (exact) mass is 405 g/mol. The van der Waals surface area contributed by atoms with Crippen molar-refractivity contribution >= 4 is 40.7 Å². The minimum atomic E-state index is -0.345. The molecule has 2 amide bonds. The Kier molecular flexibility index (Phi) is 6.24. The molecule has 0 unspecified atom stereocenters. The third kappa shape index (κ3) is 4.73. The van der Waals surface area contributed by atoms with E-state index < -0.39 is 0 Å². The lowest BCUT2D eigenvalue weighted by Crippen LogP contribution is -2.51. The number of nitrogens with one attached hydrogen (secondary N) is 1. The second-order valence-electron chi connectivity index (χ2n) is 6.46. The van der Waals surface area contributed by atoms with Crippen LogP contribution in [0.3, 0.4) is 0 Å². The first-order valence-corrected chi connectivity index (χ1v) is 9.53. The third-order valence-corrected chi connectivity index (χ3v) is 5.23. The lowest BCUT2D eigenvalue weighted by Gasteiger charge is -2.37. The van der Waals surface area contributed by atoms with Gasteiger partial charge in [-0.2, -0.15) is 0 Å². The number of anilines is 1. The van der Waals surface area contributed by atoms with Crippen molar-refractivity contribution < 1.29 is 9.59 Å². The Balaban J connectivity index is 1.52. The molecule has 3 rings (SSSR count). The molecule has 5 nitrogen and oxygen atoms in total. The molecule has 1 aliphatic rings. The summed E-state index contributed by atoms with van der Waals surface area (Å²) in [5, 5.41) is 3.72. The van der Waals surface area contributed by atoms with Gasteiger partial charge >= 0.3 is 0 Å². The molecule has 1 heterocycles. The maximum absolute atomic E-state index is 12.4. The number of benzene rings is 2. The van der Waals surface area contributed by atoms with Crippen molar-refractivity contribution in [3.05, 3.63) is 63.6 Å². The Bertz CT molecular complexity index is 849. The van der Waals surface area contributed by atoms with Gasteiger partial charge < -0.3 is 15.1 Å². The van der Waals surface area contributed by atoms with Crippen LogP contribution in [0.5, 0.6) is 0 Å². The van der Waals surface area contributed by atoms with Crippen LogP contribution in [0.4, 0.5) is 5.69 Å². The molecule has 0 saturated carbocycles. The highest BCUT2D eigenvalue weighted by molar-refractivity contribution is 6.33. The Morgan fingerprint density at radius 3 is 2.44 bits per heavy atom. The molecule has 7 heteroatoms. The summed E-state index contributed by atoms with van der Waals surface area (Å²) in [5.74, 6) is -0.444. The summed E-state index contributed by atoms with van der Waals surface area (Å²) in [6.07, 6.45) is 0. The molecule has 0 aliphatic carbocycles. The minimum Gasteiger partial charge on any atom is -0.368 e. The molecule has 142 valence electrons. The van der Waals surface area contributed by atoms with Gasteiger partial charge in [0.1, 0.15) is 0 Å². The van der Waals surface area contributed by atoms with Gasteiger partial charge in [-0.25, -0.2) is 0 Å². The molecule has 0 atom stereocenters. The zero-order valence-corrected chi connectivity index (χ0v) is 16.6. The Hall–Kier alpha value is -2.24. The fourth-order valence-electron chi connectivity index (χ4n) is 3.13. The molecule has 1 aliphatic heterocycles. The van der Waals surface area contributed by atoms with E-state index >= 15 is 0 Å². The highest BCUT2D eigenvalue weighted by Gasteiger charge is 2.22. The summed E-state index contributed by atoms with van der Waals surface area (Å²) in [6, 6.07) is 12.6. The highest BCUT2D eigenvalue weighted by atomic mass is 35.5. The number of piperazine rings is 1. The number of aryl methyl sites for hydroxylation is 1. The van der Waals surface area contributed by atoms with Gasteiger partial charge in [-0.05, 0) is 36.8 Å². The van der Waals surface area contributed by atoms with Crippen molar-refractivity contribution in [3.8, 4) is 0 Å². The SMILES string of the molecule is Cc1ccc(Cl)cc1N1CCN(C(=O)CNC(=O)c2ccccc2Cl)CC1. The van der Waals surface area contributed by atoms with Gasteiger partial charge in [0.2, 0.25) is 5.91 Å². The number of hydrogen-bond donors (Lipinski definition) is 1. The van der Waals surface area contributed by atoms with Gasteiger partial charge in [0.25, 0.3) is 5.91 Å². The normalized spacial score (nSPS) is 14.2. The molecule has 1 N–H and O–H groups in total. The van der Waals surface area contributed by atoms with E-state index in [1.807, 2.05) is 25.1 Å². The average Bonchev–Trinajstić information content (AvgIpc) is 2.68. The fraction of sp³-hybridized carbons (Fsp3) is 0.300. The van der Waals surface area contributed by atoms with Crippen LogP contribution in [0, 0.1) is 6.92 Å². The summed E-state index contributed by atoms with van der Waals surface area (Å²) >= 11 is 12.1. The van der Waals surface area contributed by atoms with Crippen LogP contribution in [0.2, 0.25) is 10.0 Å². The van der Waals surface area contributed by atoms with Gasteiger partial charge in [-0.1, -0.05) is 41.4 Å². The van der Waals surface area contributed by atoms with Crippen LogP contribution < -0.4 is 10.2 Å². The molecular formula is C20H21Cl2N3O2. The minimum absolute atomic E-state index is 0.0414. The van der Waals surface area contributed by atoms with E-state index in [-0.39, 0.29) is 18.4 Å². The van der Waals surface area contributed by atoms with Crippen molar-refractivity contribution in [3.63, 3.8) is 0 Å². The quantitative estimate of drug-likeness (QED) is 0.847. The molecule has 0 bridgehead atoms. The summed E-state index contributed by atoms with van der Waals surface area (Å²) in [4.78, 5) is 28.6. The number of carbonyl (C=O) groups is 2. The molecule has 2 aromatic rings. The van der Waals surface area contributed by atoms with E-state index in [9.17, 15) is 9.59 Å². The number of rotatable bonds is 4. The topological polar surface area (TPSA) is 52.6 Å². The lowest BCUT2D eigenvalue weighted by molar-refractivity contribution is -0.130. The molecule has 1 saturated heterocycles. The van der Waals surface area contributed by atoms with Crippen molar-refractivity contribution in [1.29, 1.82) is 0 Å². The van der Waals surface area contributed by atoms with Crippen LogP contribution in [0.25, 0.3) is 0 Å². The van der Waals surface area contributed by atoms with E-state index in [0.29, 0.717) is 28.7 Å². The van der Waals surface area contributed by atoms with Crippen molar-refractivity contribution in [2.24, 2.45) is 0 Å². The lowest BCUT2D eigenvalue weighted by atomic mass is 10.1. The largest absolute Gasteiger partial charge is 0.368 e. The predicted molar refractivity (Wildman–Crippen MR) is 109 cm³/mol. The standard InChI is InChI=1S/C20H21Cl2N3O2/c1-14-6-7-15(21)12-18(14)24-8-10-25(11-9-24)19(26)13-23-20(27)16-4-2-3-5-17(16)22/h2-7,12H,8-11,13H2,1H3,(H,23,27). The van der Waals surface area contributed by atoms with Crippen LogP contribution in [-0.4, -0.2) is 49.4 Å². The van der Waals surface area contributed by atoms with Crippen LogP contribution in [0.1, 0.15) is 15.9 Å². The fourth-order valence-corrected chi connectivity index (χ4v) is 3.52. The van der Waals surface area contributed by atoms with Crippen LogP contribution in [-0.2, 0) is 4.79 Å². The summed E-state index contributed by atoms with van der Waals surface area (Å²) < 4.78 is 0. The zero-order valence-electron chi connectivity index (χ0n) is 15.0. The van der Waals surface area contributed by atoms with E-state index in [1.54, 1.807) is 29.2 Å². The van der Waals surface area contributed by atoms with Gasteiger partial charge in [0, 0.05) is 36.9 Å². The van der Waals surface area contributed by atoms with Gasteiger partial charge in [-0.3, -0.25) is 9.59 Å². The number of carbonyl (C=O) groups excluding carboxylic acids is 2. The first kappa shape index (κ1) is 19.5. The Labute approximate surface area is 168 Å². The Morgan fingerprint density at radius 1 is 1.04 bits per heavy atom. The smallest absolute Gasteiger partial charge is 0.253 e. The Morgan fingerprint density at radius 2 is 1.74 bits per heavy atom. The third-order valence-electron chi connectivity index (χ3n) is 4.66. The van der Waals surface area contributed by atoms with Gasteiger partial charge in [0.15, 0.2) is 0 Å². The molecule has 0 aromatic heterocycles. The van der Waals surface area contributed by atoms with Crippen LogP contribution in [0.15, 0.2) is 42.5 Å². The second kappa shape index (κ2) is 8.63. The maximum atomic E-state index is 12.4. The second-order valence-corrected chi connectivity index (χ2v) is 7.30. The van der Waals surface area contributed by atoms with Crippen LogP contribution >= 0.6 is 23.2 Å². The first-order valence-electron chi connectivity index (χ1n) is 8.77. The number of halogens is 2. The van der Waals surface area contributed by atoms with E-state index in [1.165, 1.54) is 0 Å². The first-order chi connectivity index (χ1) is 13.0. The zero-order chi connectivity index (χ0) is 19.4.